The summed E-state index contributed by atoms with van der Waals surface area (Å²) in [5.74, 6) is -1.45. The number of carbonyl (C=O) groups excluding carboxylic acids is 4. The number of aromatic nitrogens is 3. The number of amides is 4. The average Bonchev–Trinajstić information content (AvgIpc) is 3.28. The molecule has 3 heterocycles. The average molecular weight is 411 g/mol. The van der Waals surface area contributed by atoms with Gasteiger partial charge in [-0.1, -0.05) is 11.3 Å². The van der Waals surface area contributed by atoms with Gasteiger partial charge in [0, 0.05) is 35.8 Å². The molecule has 2 aliphatic heterocycles. The van der Waals surface area contributed by atoms with E-state index in [1.165, 1.54) is 9.58 Å². The lowest BCUT2D eigenvalue weighted by atomic mass is 10.0. The Bertz CT molecular complexity index is 1050. The van der Waals surface area contributed by atoms with Gasteiger partial charge >= 0.3 is 0 Å². The zero-order valence-corrected chi connectivity index (χ0v) is 16.3. The Hall–Kier alpha value is -3.60. The van der Waals surface area contributed by atoms with Crippen LogP contribution in [0, 0.1) is 0 Å². The van der Waals surface area contributed by atoms with Gasteiger partial charge in [-0.3, -0.25) is 24.5 Å². The van der Waals surface area contributed by atoms with E-state index in [4.69, 9.17) is 5.73 Å². The smallest absolute Gasteiger partial charge is 0.255 e. The molecular formula is C19H21N7O4. The van der Waals surface area contributed by atoms with Crippen LogP contribution in [0.2, 0.25) is 0 Å². The lowest BCUT2D eigenvalue weighted by molar-refractivity contribution is -0.137. The maximum atomic E-state index is 12.8. The molecule has 2 atom stereocenters. The highest BCUT2D eigenvalue weighted by Crippen LogP contribution is 2.32. The molecule has 30 heavy (non-hydrogen) atoms. The number of nitrogens with zero attached hydrogens (tertiary/aromatic N) is 4. The van der Waals surface area contributed by atoms with E-state index < -0.39 is 11.9 Å². The zero-order chi connectivity index (χ0) is 21.4. The highest BCUT2D eigenvalue weighted by molar-refractivity contribution is 6.06. The molecule has 2 aromatic rings. The molecule has 4 rings (SSSR count). The fraction of sp³-hybridized carbons (Fsp3) is 0.368. The molecule has 2 aliphatic rings. The van der Waals surface area contributed by atoms with Crippen LogP contribution in [0.1, 0.15) is 47.4 Å². The summed E-state index contributed by atoms with van der Waals surface area (Å²) >= 11 is 0. The van der Waals surface area contributed by atoms with Crippen molar-refractivity contribution in [1.29, 1.82) is 0 Å². The molecule has 0 spiro atoms. The van der Waals surface area contributed by atoms with Crippen LogP contribution >= 0.6 is 0 Å². The first kappa shape index (κ1) is 19.7. The number of benzene rings is 1. The van der Waals surface area contributed by atoms with Crippen molar-refractivity contribution in [1.82, 2.24) is 25.2 Å². The predicted molar refractivity (Wildman–Crippen MR) is 104 cm³/mol. The summed E-state index contributed by atoms with van der Waals surface area (Å²) in [5, 5.41) is 12.9. The summed E-state index contributed by atoms with van der Waals surface area (Å²) in [6.45, 7) is 1.89. The van der Waals surface area contributed by atoms with Crippen LogP contribution in [-0.4, -0.2) is 49.6 Å². The van der Waals surface area contributed by atoms with E-state index in [-0.39, 0.29) is 49.7 Å². The van der Waals surface area contributed by atoms with E-state index in [1.807, 2.05) is 0 Å². The van der Waals surface area contributed by atoms with E-state index in [9.17, 15) is 19.2 Å². The quantitative estimate of drug-likeness (QED) is 0.571. The first-order valence-electron chi connectivity index (χ1n) is 9.55. The van der Waals surface area contributed by atoms with Gasteiger partial charge in [0.25, 0.3) is 5.91 Å². The van der Waals surface area contributed by atoms with Crippen molar-refractivity contribution in [2.45, 2.75) is 44.9 Å². The number of imide groups is 1. The second-order valence-corrected chi connectivity index (χ2v) is 7.41. The molecule has 4 amide bonds. The van der Waals surface area contributed by atoms with Gasteiger partial charge in [-0.2, -0.15) is 0 Å². The fourth-order valence-corrected chi connectivity index (χ4v) is 3.64. The molecule has 0 saturated carbocycles. The number of carbonyl (C=O) groups is 4. The maximum absolute atomic E-state index is 12.8. The third-order valence-electron chi connectivity index (χ3n) is 5.18. The minimum Gasteiger partial charge on any atom is -0.324 e. The third-order valence-corrected chi connectivity index (χ3v) is 5.18. The van der Waals surface area contributed by atoms with Gasteiger partial charge in [0.05, 0.1) is 11.9 Å². The first-order chi connectivity index (χ1) is 14.3. The highest BCUT2D eigenvalue weighted by atomic mass is 16.2. The van der Waals surface area contributed by atoms with Gasteiger partial charge in [0.1, 0.15) is 12.6 Å². The fourth-order valence-electron chi connectivity index (χ4n) is 3.64. The van der Waals surface area contributed by atoms with Crippen LogP contribution in [0.15, 0.2) is 24.4 Å². The molecule has 11 heteroatoms. The van der Waals surface area contributed by atoms with Gasteiger partial charge < -0.3 is 16.0 Å². The largest absolute Gasteiger partial charge is 0.324 e. The van der Waals surface area contributed by atoms with Crippen molar-refractivity contribution in [3.63, 3.8) is 0 Å². The normalized spacial score (nSPS) is 19.5. The van der Waals surface area contributed by atoms with Gasteiger partial charge in [-0.05, 0) is 25.5 Å². The first-order valence-corrected chi connectivity index (χ1v) is 9.55. The van der Waals surface area contributed by atoms with Crippen LogP contribution in [0.4, 0.5) is 5.69 Å². The molecule has 0 radical (unpaired) electrons. The molecule has 1 saturated heterocycles. The van der Waals surface area contributed by atoms with Crippen molar-refractivity contribution >= 4 is 29.3 Å². The maximum Gasteiger partial charge on any atom is 0.255 e. The van der Waals surface area contributed by atoms with Crippen LogP contribution in [-0.2, 0) is 27.5 Å². The Balaban J connectivity index is 1.49. The topological polar surface area (TPSA) is 152 Å². The summed E-state index contributed by atoms with van der Waals surface area (Å²) in [6, 6.07) is 4.03. The minimum absolute atomic E-state index is 0.0613. The number of nitrogens with two attached hydrogens (primary N) is 1. The monoisotopic (exact) mass is 411 g/mol. The van der Waals surface area contributed by atoms with E-state index in [1.54, 1.807) is 31.3 Å². The van der Waals surface area contributed by atoms with Crippen LogP contribution < -0.4 is 16.4 Å². The number of piperidine rings is 1. The molecular weight excluding hydrogens is 390 g/mol. The van der Waals surface area contributed by atoms with Gasteiger partial charge in [0.15, 0.2) is 0 Å². The van der Waals surface area contributed by atoms with Crippen LogP contribution in [0.3, 0.4) is 0 Å². The van der Waals surface area contributed by atoms with E-state index in [0.29, 0.717) is 22.5 Å². The molecule has 156 valence electrons. The highest BCUT2D eigenvalue weighted by Gasteiger charge is 2.39. The number of fused-ring (bicyclic) bond motifs is 1. The third kappa shape index (κ3) is 3.66. The lowest BCUT2D eigenvalue weighted by Gasteiger charge is -2.29. The van der Waals surface area contributed by atoms with Crippen molar-refractivity contribution in [3.8, 4) is 0 Å². The number of nitrogens with one attached hydrogen (secondary N) is 2. The summed E-state index contributed by atoms with van der Waals surface area (Å²) in [5.41, 5.74) is 7.88. The lowest BCUT2D eigenvalue weighted by Crippen LogP contribution is -2.52. The Labute approximate surface area is 171 Å². The molecule has 4 N–H and O–H groups in total. The summed E-state index contributed by atoms with van der Waals surface area (Å²) in [4.78, 5) is 50.3. The predicted octanol–water partition coefficient (Wildman–Crippen LogP) is -0.302. The van der Waals surface area contributed by atoms with Gasteiger partial charge in [0.2, 0.25) is 17.7 Å². The van der Waals surface area contributed by atoms with E-state index in [2.05, 4.69) is 20.9 Å². The number of anilines is 1. The molecule has 1 aromatic heterocycles. The van der Waals surface area contributed by atoms with E-state index in [0.717, 1.165) is 0 Å². The Morgan fingerprint density at radius 3 is 2.87 bits per heavy atom. The molecule has 11 nitrogen and oxygen atoms in total. The summed E-state index contributed by atoms with van der Waals surface area (Å²) in [7, 11) is 0. The van der Waals surface area contributed by atoms with Crippen molar-refractivity contribution in [2.75, 3.05) is 5.32 Å². The Kier molecular flexibility index (Phi) is 5.04. The summed E-state index contributed by atoms with van der Waals surface area (Å²) in [6.07, 6.45) is 2.07. The summed E-state index contributed by atoms with van der Waals surface area (Å²) < 4.78 is 1.39. The number of rotatable bonds is 5. The SMILES string of the molecule is CC(N)c1cn(CC(=O)Nc2cccc3c2CN(C2CCC(=O)NC2=O)C3=O)nn1. The molecule has 0 aliphatic carbocycles. The zero-order valence-electron chi connectivity index (χ0n) is 16.3. The van der Waals surface area contributed by atoms with Gasteiger partial charge in [-0.15, -0.1) is 5.10 Å². The molecule has 2 unspecified atom stereocenters. The molecule has 1 fully saturated rings. The van der Waals surface area contributed by atoms with Crippen LogP contribution in [0.5, 0.6) is 0 Å². The Morgan fingerprint density at radius 1 is 1.37 bits per heavy atom. The van der Waals surface area contributed by atoms with Crippen molar-refractivity contribution in [2.24, 2.45) is 5.73 Å². The molecule has 0 bridgehead atoms. The standard InChI is InChI=1S/C19H21N7O4/c1-10(20)14-8-25(24-23-14)9-17(28)21-13-4-2-3-11-12(13)7-26(19(11)30)15-5-6-16(27)22-18(15)29/h2-4,8,10,15H,5-7,9,20H2,1H3,(H,21,28)(H,22,27,29). The Morgan fingerprint density at radius 2 is 2.17 bits per heavy atom. The number of hydrogen-bond acceptors (Lipinski definition) is 7. The second-order valence-electron chi connectivity index (χ2n) is 7.41. The van der Waals surface area contributed by atoms with Crippen molar-refractivity contribution in [3.05, 3.63) is 41.2 Å². The van der Waals surface area contributed by atoms with Crippen molar-refractivity contribution < 1.29 is 19.2 Å². The van der Waals surface area contributed by atoms with Crippen LogP contribution in [0.25, 0.3) is 0 Å². The van der Waals surface area contributed by atoms with E-state index >= 15 is 0 Å². The second kappa shape index (κ2) is 7.67. The van der Waals surface area contributed by atoms with Gasteiger partial charge in [-0.25, -0.2) is 4.68 Å². The minimum atomic E-state index is -0.710. The number of hydrogen-bond donors (Lipinski definition) is 3. The molecule has 1 aromatic carbocycles.